The molecule has 1 heterocycles. The number of benzene rings is 1. The van der Waals surface area contributed by atoms with Gasteiger partial charge in [-0.05, 0) is 17.7 Å². The lowest BCUT2D eigenvalue weighted by Gasteiger charge is -2.08. The summed E-state index contributed by atoms with van der Waals surface area (Å²) in [5.74, 6) is 1.24. The second kappa shape index (κ2) is 6.77. The van der Waals surface area contributed by atoms with Crippen LogP contribution in [0.2, 0.25) is 0 Å². The molecule has 1 aromatic heterocycles. The summed E-state index contributed by atoms with van der Waals surface area (Å²) in [7, 11) is 0. The van der Waals surface area contributed by atoms with Crippen molar-refractivity contribution < 1.29 is 4.74 Å². The average Bonchev–Trinajstić information content (AvgIpc) is 2.36. The second-order valence-corrected chi connectivity index (χ2v) is 3.69. The molecule has 1 aromatic carbocycles. The van der Waals surface area contributed by atoms with E-state index in [0.717, 1.165) is 16.9 Å². The highest BCUT2D eigenvalue weighted by Gasteiger charge is 2.06. The van der Waals surface area contributed by atoms with E-state index >= 15 is 0 Å². The van der Waals surface area contributed by atoms with Crippen molar-refractivity contribution >= 4 is 24.2 Å². The third-order valence-electron chi connectivity index (χ3n) is 2.37. The molecule has 0 aliphatic rings. The highest BCUT2D eigenvalue weighted by Crippen LogP contribution is 2.27. The lowest BCUT2D eigenvalue weighted by molar-refractivity contribution is 0.328. The second-order valence-electron chi connectivity index (χ2n) is 3.69. The zero-order valence-electron chi connectivity index (χ0n) is 10.2. The van der Waals surface area contributed by atoms with Crippen LogP contribution in [0.1, 0.15) is 0 Å². The normalized spacial score (nSPS) is 9.74. The summed E-state index contributed by atoms with van der Waals surface area (Å²) < 4.78 is 5.45. The topological polar surface area (TPSA) is 113 Å². The van der Waals surface area contributed by atoms with E-state index in [2.05, 4.69) is 9.97 Å². The first-order valence-corrected chi connectivity index (χ1v) is 5.52. The third kappa shape index (κ3) is 3.70. The summed E-state index contributed by atoms with van der Waals surface area (Å²) in [4.78, 5) is 7.86. The first-order chi connectivity index (χ1) is 8.70. The number of halogens is 1. The summed E-state index contributed by atoms with van der Waals surface area (Å²) in [5, 5.41) is 0. The number of nitrogen functional groups attached to an aromatic ring is 2. The van der Waals surface area contributed by atoms with Crippen LogP contribution in [-0.2, 0) is 0 Å². The summed E-state index contributed by atoms with van der Waals surface area (Å²) >= 11 is 0. The molecule has 6 nitrogen and oxygen atoms in total. The Morgan fingerprint density at radius 3 is 2.68 bits per heavy atom. The molecule has 0 unspecified atom stereocenters. The largest absolute Gasteiger partial charge is 0.492 e. The van der Waals surface area contributed by atoms with Gasteiger partial charge in [-0.3, -0.25) is 0 Å². The smallest absolute Gasteiger partial charge is 0.221 e. The van der Waals surface area contributed by atoms with Gasteiger partial charge in [0.1, 0.15) is 18.2 Å². The molecule has 7 heteroatoms. The Balaban J connectivity index is 0.00000180. The van der Waals surface area contributed by atoms with E-state index < -0.39 is 0 Å². The number of anilines is 2. The van der Waals surface area contributed by atoms with Crippen molar-refractivity contribution in [2.45, 2.75) is 0 Å². The maximum atomic E-state index is 5.81. The van der Waals surface area contributed by atoms with Crippen molar-refractivity contribution in [3.63, 3.8) is 0 Å². The number of aromatic nitrogens is 2. The SMILES string of the molecule is Cl.NCCOc1cccc(-c2cnc(N)nc2N)c1. The molecule has 102 valence electrons. The molecule has 0 fully saturated rings. The standard InChI is InChI=1S/C12H15N5O.ClH/c13-4-5-18-9-3-1-2-8(6-9)10-7-16-12(15)17-11(10)14;/h1-3,6-7H,4-5,13H2,(H4,14,15,16,17);1H. The molecular weight excluding hydrogens is 266 g/mol. The van der Waals surface area contributed by atoms with Crippen molar-refractivity contribution in [3.8, 4) is 16.9 Å². The van der Waals surface area contributed by atoms with Crippen LogP contribution in [-0.4, -0.2) is 23.1 Å². The van der Waals surface area contributed by atoms with Crippen LogP contribution in [0.15, 0.2) is 30.5 Å². The fourth-order valence-corrected chi connectivity index (χ4v) is 1.56. The van der Waals surface area contributed by atoms with Crippen molar-refractivity contribution in [1.82, 2.24) is 9.97 Å². The summed E-state index contributed by atoms with van der Waals surface area (Å²) in [6.45, 7) is 0.939. The molecule has 19 heavy (non-hydrogen) atoms. The zero-order chi connectivity index (χ0) is 13.0. The summed E-state index contributed by atoms with van der Waals surface area (Å²) in [5.41, 5.74) is 18.3. The molecule has 2 aromatic rings. The number of nitrogens with two attached hydrogens (primary N) is 3. The molecule has 0 aliphatic heterocycles. The molecule has 2 rings (SSSR count). The van der Waals surface area contributed by atoms with Gasteiger partial charge in [0.15, 0.2) is 0 Å². The molecule has 0 saturated heterocycles. The Morgan fingerprint density at radius 2 is 2.00 bits per heavy atom. The number of hydrogen-bond acceptors (Lipinski definition) is 6. The Hall–Kier alpha value is -2.05. The summed E-state index contributed by atoms with van der Waals surface area (Å²) in [6.07, 6.45) is 1.60. The van der Waals surface area contributed by atoms with Gasteiger partial charge >= 0.3 is 0 Å². The highest BCUT2D eigenvalue weighted by atomic mass is 35.5. The first kappa shape index (κ1) is 15.0. The third-order valence-corrected chi connectivity index (χ3v) is 2.37. The van der Waals surface area contributed by atoms with E-state index in [1.165, 1.54) is 0 Å². The monoisotopic (exact) mass is 281 g/mol. The van der Waals surface area contributed by atoms with Crippen molar-refractivity contribution in [1.29, 1.82) is 0 Å². The van der Waals surface area contributed by atoms with Crippen molar-refractivity contribution in [2.24, 2.45) is 5.73 Å². The van der Waals surface area contributed by atoms with E-state index in [-0.39, 0.29) is 18.4 Å². The van der Waals surface area contributed by atoms with Gasteiger partial charge in [-0.1, -0.05) is 12.1 Å². The Labute approximate surface area is 117 Å². The van der Waals surface area contributed by atoms with Crippen LogP contribution >= 0.6 is 12.4 Å². The minimum atomic E-state index is 0. The molecule has 6 N–H and O–H groups in total. The fraction of sp³-hybridized carbons (Fsp3) is 0.167. The Morgan fingerprint density at radius 1 is 1.21 bits per heavy atom. The molecule has 0 bridgehead atoms. The van der Waals surface area contributed by atoms with Crippen LogP contribution in [0.3, 0.4) is 0 Å². The molecule has 0 saturated carbocycles. The minimum Gasteiger partial charge on any atom is -0.492 e. The maximum absolute atomic E-state index is 5.81. The predicted octanol–water partition coefficient (Wildman–Crippen LogP) is 1.07. The zero-order valence-corrected chi connectivity index (χ0v) is 11.1. The van der Waals surface area contributed by atoms with Crippen LogP contribution in [0.4, 0.5) is 11.8 Å². The van der Waals surface area contributed by atoms with Crippen molar-refractivity contribution in [2.75, 3.05) is 24.6 Å². The molecule has 0 aliphatic carbocycles. The Bertz CT molecular complexity index is 549. The van der Waals surface area contributed by atoms with Gasteiger partial charge in [0.05, 0.1) is 0 Å². The van der Waals surface area contributed by atoms with Crippen LogP contribution in [0.25, 0.3) is 11.1 Å². The average molecular weight is 282 g/mol. The van der Waals surface area contributed by atoms with E-state index in [9.17, 15) is 0 Å². The van der Waals surface area contributed by atoms with Crippen LogP contribution < -0.4 is 21.9 Å². The van der Waals surface area contributed by atoms with E-state index in [1.807, 2.05) is 24.3 Å². The van der Waals surface area contributed by atoms with Gasteiger partial charge < -0.3 is 21.9 Å². The Kier molecular flexibility index (Phi) is 5.35. The molecular formula is C12H16ClN5O. The van der Waals surface area contributed by atoms with E-state index in [1.54, 1.807) is 6.20 Å². The van der Waals surface area contributed by atoms with Crippen molar-refractivity contribution in [3.05, 3.63) is 30.5 Å². The lowest BCUT2D eigenvalue weighted by Crippen LogP contribution is -2.10. The van der Waals surface area contributed by atoms with Gasteiger partial charge in [0.25, 0.3) is 0 Å². The van der Waals surface area contributed by atoms with Gasteiger partial charge in [0, 0.05) is 18.3 Å². The van der Waals surface area contributed by atoms with Crippen LogP contribution in [0, 0.1) is 0 Å². The number of hydrogen-bond donors (Lipinski definition) is 3. The predicted molar refractivity (Wildman–Crippen MR) is 78.1 cm³/mol. The highest BCUT2D eigenvalue weighted by molar-refractivity contribution is 5.85. The number of ether oxygens (including phenoxy) is 1. The number of rotatable bonds is 4. The van der Waals surface area contributed by atoms with E-state index in [0.29, 0.717) is 19.0 Å². The molecule has 0 atom stereocenters. The van der Waals surface area contributed by atoms with Gasteiger partial charge in [-0.2, -0.15) is 4.98 Å². The fourth-order valence-electron chi connectivity index (χ4n) is 1.56. The van der Waals surface area contributed by atoms with Gasteiger partial charge in [0.2, 0.25) is 5.95 Å². The quantitative estimate of drug-likeness (QED) is 0.772. The van der Waals surface area contributed by atoms with Crippen LogP contribution in [0.5, 0.6) is 5.75 Å². The maximum Gasteiger partial charge on any atom is 0.221 e. The molecule has 0 amide bonds. The number of nitrogens with zero attached hydrogens (tertiary/aromatic N) is 2. The molecule has 0 radical (unpaired) electrons. The lowest BCUT2D eigenvalue weighted by atomic mass is 10.1. The minimum absolute atomic E-state index is 0. The van der Waals surface area contributed by atoms with Gasteiger partial charge in [-0.15, -0.1) is 12.4 Å². The summed E-state index contributed by atoms with van der Waals surface area (Å²) in [6, 6.07) is 7.49. The first-order valence-electron chi connectivity index (χ1n) is 5.52. The van der Waals surface area contributed by atoms with Gasteiger partial charge in [-0.25, -0.2) is 4.98 Å². The molecule has 0 spiro atoms. The van der Waals surface area contributed by atoms with E-state index in [4.69, 9.17) is 21.9 Å².